The number of carbonyl (C=O) groups is 1. The molecule has 2 N–H and O–H groups in total. The largest absolute Gasteiger partial charge is 0.496 e. The molecule has 39 heavy (non-hydrogen) atoms. The minimum atomic E-state index is -0.297. The quantitative estimate of drug-likeness (QED) is 0.238. The number of ether oxygens (including phenoxy) is 4. The second-order valence-corrected chi connectivity index (χ2v) is 9.56. The molecule has 4 rings (SSSR count). The lowest BCUT2D eigenvalue weighted by molar-refractivity contribution is -0.142. The number of nitrogens with two attached hydrogens (primary N) is 1. The number of aromatic nitrogens is 2. The normalized spacial score (nSPS) is 11.3. The van der Waals surface area contributed by atoms with E-state index in [0.29, 0.717) is 25.5 Å². The fraction of sp³-hybridized carbons (Fsp3) is 0.355. The molecule has 3 aromatic carbocycles. The Labute approximate surface area is 229 Å². The van der Waals surface area contributed by atoms with Crippen molar-refractivity contribution in [3.8, 4) is 22.6 Å². The van der Waals surface area contributed by atoms with E-state index < -0.39 is 0 Å². The molecule has 0 saturated heterocycles. The molecule has 0 aliphatic carbocycles. The summed E-state index contributed by atoms with van der Waals surface area (Å²) in [6.45, 7) is 7.38. The Balaban J connectivity index is 1.74. The number of methoxy groups -OCH3 is 2. The van der Waals surface area contributed by atoms with Crippen molar-refractivity contribution >= 4 is 16.9 Å². The topological polar surface area (TPSA) is 97.8 Å². The molecular weight excluding hydrogens is 494 g/mol. The molecule has 4 aromatic rings. The van der Waals surface area contributed by atoms with Crippen molar-refractivity contribution in [1.82, 2.24) is 9.78 Å². The first-order valence-electron chi connectivity index (χ1n) is 13.2. The molecule has 0 radical (unpaired) electrons. The number of rotatable bonds is 12. The molecule has 0 fully saturated rings. The molecule has 0 aliphatic rings. The van der Waals surface area contributed by atoms with Gasteiger partial charge in [-0.3, -0.25) is 9.48 Å². The van der Waals surface area contributed by atoms with Crippen molar-refractivity contribution in [2.75, 3.05) is 20.8 Å². The summed E-state index contributed by atoms with van der Waals surface area (Å²) in [4.78, 5) is 12.2. The van der Waals surface area contributed by atoms with E-state index in [0.717, 1.165) is 50.2 Å². The number of carbonyl (C=O) groups excluding carboxylic acids is 1. The molecule has 8 heteroatoms. The van der Waals surface area contributed by atoms with Gasteiger partial charge in [0.2, 0.25) is 0 Å². The molecule has 1 heterocycles. The van der Waals surface area contributed by atoms with Crippen molar-refractivity contribution in [3.63, 3.8) is 0 Å². The highest BCUT2D eigenvalue weighted by Crippen LogP contribution is 2.36. The highest BCUT2D eigenvalue weighted by molar-refractivity contribution is 5.88. The Bertz CT molecular complexity index is 1440. The third-order valence-corrected chi connectivity index (χ3v) is 6.55. The SMILES string of the molecule is CCOC(=O)Cc1ccc(COC)cc1OCc1nn(C(C)C)c2ccc(-c3cccc(CN)c3OC)cc12. The maximum Gasteiger partial charge on any atom is 0.310 e. The van der Waals surface area contributed by atoms with Crippen molar-refractivity contribution < 1.29 is 23.7 Å². The minimum Gasteiger partial charge on any atom is -0.496 e. The summed E-state index contributed by atoms with van der Waals surface area (Å²) < 4.78 is 24.5. The van der Waals surface area contributed by atoms with Gasteiger partial charge in [-0.05, 0) is 50.1 Å². The van der Waals surface area contributed by atoms with Gasteiger partial charge in [-0.15, -0.1) is 0 Å². The highest BCUT2D eigenvalue weighted by Gasteiger charge is 2.18. The number of hydrogen-bond acceptors (Lipinski definition) is 7. The minimum absolute atomic E-state index is 0.124. The van der Waals surface area contributed by atoms with Crippen LogP contribution in [0.25, 0.3) is 22.0 Å². The summed E-state index contributed by atoms with van der Waals surface area (Å²) >= 11 is 0. The molecule has 0 spiro atoms. The summed E-state index contributed by atoms with van der Waals surface area (Å²) in [5.41, 5.74) is 12.4. The monoisotopic (exact) mass is 531 g/mol. The van der Waals surface area contributed by atoms with E-state index in [1.165, 1.54) is 0 Å². The number of hydrogen-bond donors (Lipinski definition) is 1. The van der Waals surface area contributed by atoms with Gasteiger partial charge in [-0.1, -0.05) is 36.4 Å². The van der Waals surface area contributed by atoms with Crippen LogP contribution in [-0.4, -0.2) is 36.6 Å². The van der Waals surface area contributed by atoms with Crippen LogP contribution in [0.15, 0.2) is 54.6 Å². The van der Waals surface area contributed by atoms with Crippen LogP contribution in [0.2, 0.25) is 0 Å². The summed E-state index contributed by atoms with van der Waals surface area (Å²) in [5, 5.41) is 5.91. The first-order chi connectivity index (χ1) is 18.9. The average molecular weight is 532 g/mol. The van der Waals surface area contributed by atoms with Crippen LogP contribution in [0, 0.1) is 0 Å². The van der Waals surface area contributed by atoms with Gasteiger partial charge in [0.05, 0.1) is 32.3 Å². The fourth-order valence-corrected chi connectivity index (χ4v) is 4.74. The second-order valence-electron chi connectivity index (χ2n) is 9.56. The van der Waals surface area contributed by atoms with E-state index in [1.54, 1.807) is 21.1 Å². The molecule has 0 bridgehead atoms. The Kier molecular flexibility index (Phi) is 9.22. The Morgan fingerprint density at radius 3 is 2.54 bits per heavy atom. The van der Waals surface area contributed by atoms with Gasteiger partial charge in [-0.2, -0.15) is 5.10 Å². The molecule has 0 amide bonds. The number of esters is 1. The van der Waals surface area contributed by atoms with Crippen LogP contribution < -0.4 is 15.2 Å². The molecular formula is C31H37N3O5. The van der Waals surface area contributed by atoms with Crippen LogP contribution >= 0.6 is 0 Å². The molecule has 1 aromatic heterocycles. The highest BCUT2D eigenvalue weighted by atomic mass is 16.5. The third kappa shape index (κ3) is 6.24. The lowest BCUT2D eigenvalue weighted by Gasteiger charge is -2.14. The van der Waals surface area contributed by atoms with Crippen molar-refractivity contribution in [2.24, 2.45) is 5.73 Å². The van der Waals surface area contributed by atoms with Crippen molar-refractivity contribution in [2.45, 2.75) is 53.0 Å². The van der Waals surface area contributed by atoms with E-state index in [2.05, 4.69) is 32.0 Å². The second kappa shape index (κ2) is 12.8. The number of benzene rings is 3. The summed E-state index contributed by atoms with van der Waals surface area (Å²) in [6.07, 6.45) is 0.124. The van der Waals surface area contributed by atoms with Gasteiger partial charge >= 0.3 is 5.97 Å². The molecule has 0 saturated carbocycles. The zero-order chi connectivity index (χ0) is 27.9. The first-order valence-corrected chi connectivity index (χ1v) is 13.2. The number of fused-ring (bicyclic) bond motifs is 1. The van der Waals surface area contributed by atoms with Crippen LogP contribution in [0.5, 0.6) is 11.5 Å². The fourth-order valence-electron chi connectivity index (χ4n) is 4.74. The Morgan fingerprint density at radius 1 is 1.03 bits per heavy atom. The lowest BCUT2D eigenvalue weighted by atomic mass is 9.99. The van der Waals surface area contributed by atoms with Crippen LogP contribution in [-0.2, 0) is 40.4 Å². The summed E-state index contributed by atoms with van der Waals surface area (Å²) in [5.74, 6) is 1.08. The van der Waals surface area contributed by atoms with Gasteiger partial charge in [0, 0.05) is 41.8 Å². The van der Waals surface area contributed by atoms with E-state index in [9.17, 15) is 4.79 Å². The number of para-hydroxylation sites is 1. The molecule has 0 aliphatic heterocycles. The van der Waals surface area contributed by atoms with Crippen molar-refractivity contribution in [3.05, 3.63) is 77.0 Å². The standard InChI is InChI=1S/C31H37N3O5/c1-6-38-30(35)16-23-11-10-21(18-36-4)14-29(23)39-19-27-26-15-22(12-13-28(26)34(33-27)20(2)3)25-9-7-8-24(17-32)31(25)37-5/h7-15,20H,6,16-19,32H2,1-5H3. The summed E-state index contributed by atoms with van der Waals surface area (Å²) in [6, 6.07) is 18.2. The predicted octanol–water partition coefficient (Wildman–Crippen LogP) is 5.58. The summed E-state index contributed by atoms with van der Waals surface area (Å²) in [7, 11) is 3.31. The number of nitrogens with zero attached hydrogens (tertiary/aromatic N) is 2. The van der Waals surface area contributed by atoms with Crippen LogP contribution in [0.1, 0.15) is 49.2 Å². The van der Waals surface area contributed by atoms with Gasteiger partial charge in [0.1, 0.15) is 23.8 Å². The Morgan fingerprint density at radius 2 is 1.85 bits per heavy atom. The van der Waals surface area contributed by atoms with Crippen molar-refractivity contribution in [1.29, 1.82) is 0 Å². The van der Waals surface area contributed by atoms with E-state index in [4.69, 9.17) is 29.8 Å². The lowest BCUT2D eigenvalue weighted by Crippen LogP contribution is -2.10. The van der Waals surface area contributed by atoms with Gasteiger partial charge in [0.25, 0.3) is 0 Å². The molecule has 206 valence electrons. The van der Waals surface area contributed by atoms with E-state index >= 15 is 0 Å². The Hall–Kier alpha value is -3.88. The van der Waals surface area contributed by atoms with Crippen LogP contribution in [0.3, 0.4) is 0 Å². The van der Waals surface area contributed by atoms with Crippen LogP contribution in [0.4, 0.5) is 0 Å². The average Bonchev–Trinajstić information content (AvgIpc) is 3.31. The maximum atomic E-state index is 12.2. The molecule has 0 atom stereocenters. The zero-order valence-corrected chi connectivity index (χ0v) is 23.3. The van der Waals surface area contributed by atoms with Gasteiger partial charge < -0.3 is 24.7 Å². The molecule has 0 unspecified atom stereocenters. The first kappa shape index (κ1) is 28.1. The van der Waals surface area contributed by atoms with E-state index in [-0.39, 0.29) is 25.0 Å². The smallest absolute Gasteiger partial charge is 0.310 e. The third-order valence-electron chi connectivity index (χ3n) is 6.55. The maximum absolute atomic E-state index is 12.2. The molecule has 8 nitrogen and oxygen atoms in total. The van der Waals surface area contributed by atoms with Gasteiger partial charge in [-0.25, -0.2) is 0 Å². The van der Waals surface area contributed by atoms with Gasteiger partial charge in [0.15, 0.2) is 0 Å². The van der Waals surface area contributed by atoms with E-state index in [1.807, 2.05) is 41.1 Å². The zero-order valence-electron chi connectivity index (χ0n) is 23.3. The predicted molar refractivity (Wildman–Crippen MR) is 152 cm³/mol.